The van der Waals surface area contributed by atoms with Gasteiger partial charge in [-0.2, -0.15) is 28.4 Å². The number of nitrogens with two attached hydrogens (primary N) is 1. The van der Waals surface area contributed by atoms with Crippen molar-refractivity contribution >= 4 is 55.5 Å². The van der Waals surface area contributed by atoms with Crippen molar-refractivity contribution in [1.29, 1.82) is 5.26 Å². The zero-order valence-electron chi connectivity index (χ0n) is 33.5. The maximum absolute atomic E-state index is 15.9. The Bertz CT molecular complexity index is 2140. The SMILES string of the molecule is CC=O.CCNc1nc(OC)nc2c(F)c(-c3ccc(F)c4sc(N)c(C#N)c34)c(C(F)(F)F)cc12.CN1CCN(C(=O)N2CCCC2)CC1.FC1CC2CCCN2C1. The predicted octanol–water partition coefficient (Wildman–Crippen LogP) is 7.55. The number of hydrogen-bond acceptors (Lipinski definition) is 11. The van der Waals surface area contributed by atoms with Crippen LogP contribution in [0.15, 0.2) is 18.2 Å². The summed E-state index contributed by atoms with van der Waals surface area (Å²) in [5, 5.41) is 11.8. The number of likely N-dealkylation sites (tertiary alicyclic amines) is 1. The molecule has 4 fully saturated rings. The van der Waals surface area contributed by atoms with E-state index in [9.17, 15) is 32.0 Å². The first-order valence-electron chi connectivity index (χ1n) is 19.5. The summed E-state index contributed by atoms with van der Waals surface area (Å²) in [6, 6.07) is 5.01. The number of halogens is 6. The minimum atomic E-state index is -5.00. The van der Waals surface area contributed by atoms with Gasteiger partial charge in [-0.05, 0) is 77.2 Å². The molecule has 0 saturated carbocycles. The van der Waals surface area contributed by atoms with Crippen molar-refractivity contribution in [2.75, 3.05) is 84.1 Å². The number of fused-ring (bicyclic) bond motifs is 3. The van der Waals surface area contributed by atoms with E-state index >= 15 is 4.39 Å². The van der Waals surface area contributed by atoms with E-state index in [1.54, 1.807) is 13.0 Å². The number of aldehydes is 1. The largest absolute Gasteiger partial charge is 0.467 e. The van der Waals surface area contributed by atoms with Gasteiger partial charge in [-0.1, -0.05) is 6.07 Å². The summed E-state index contributed by atoms with van der Waals surface area (Å²) in [5.41, 5.74) is 2.59. The first kappa shape index (κ1) is 45.2. The van der Waals surface area contributed by atoms with Crippen molar-refractivity contribution in [3.8, 4) is 23.2 Å². The molecule has 4 saturated heterocycles. The maximum atomic E-state index is 15.9. The number of urea groups is 1. The number of ether oxygens (including phenoxy) is 1. The summed E-state index contributed by atoms with van der Waals surface area (Å²) in [5.74, 6) is -2.15. The number of carbonyl (C=O) groups is 2. The minimum absolute atomic E-state index is 0.0444. The highest BCUT2D eigenvalue weighted by molar-refractivity contribution is 7.23. The first-order chi connectivity index (χ1) is 28.2. The molecular formula is C40H49F6N9O3S. The fraction of sp³-hybridized carbons (Fsp3) is 0.525. The summed E-state index contributed by atoms with van der Waals surface area (Å²) in [6.07, 6.45) is 0.926. The van der Waals surface area contributed by atoms with Crippen molar-refractivity contribution < 1.29 is 40.7 Å². The molecule has 8 rings (SSSR count). The van der Waals surface area contributed by atoms with E-state index < -0.39 is 40.6 Å². The second kappa shape index (κ2) is 19.9. The minimum Gasteiger partial charge on any atom is -0.467 e. The third kappa shape index (κ3) is 10.3. The van der Waals surface area contributed by atoms with Crippen molar-refractivity contribution in [3.05, 3.63) is 41.0 Å². The zero-order chi connectivity index (χ0) is 43.0. The van der Waals surface area contributed by atoms with Crippen LogP contribution < -0.4 is 15.8 Å². The molecule has 2 atom stereocenters. The number of nitriles is 1. The normalized spacial score (nSPS) is 19.2. The lowest BCUT2D eigenvalue weighted by atomic mass is 9.92. The van der Waals surface area contributed by atoms with Gasteiger partial charge in [0.05, 0.1) is 22.9 Å². The number of amides is 2. The molecule has 4 aliphatic heterocycles. The van der Waals surface area contributed by atoms with Gasteiger partial charge in [-0.3, -0.25) is 4.90 Å². The molecule has 12 nitrogen and oxygen atoms in total. The molecule has 19 heteroatoms. The molecule has 3 N–H and O–H groups in total. The molecule has 4 aromatic rings. The fourth-order valence-corrected chi connectivity index (χ4v) is 8.68. The molecule has 2 aromatic heterocycles. The number of hydrogen-bond donors (Lipinski definition) is 2. The second-order valence-corrected chi connectivity index (χ2v) is 15.5. The van der Waals surface area contributed by atoms with Crippen LogP contribution in [0, 0.1) is 23.0 Å². The monoisotopic (exact) mass is 849 g/mol. The van der Waals surface area contributed by atoms with E-state index in [0.29, 0.717) is 23.9 Å². The number of anilines is 2. The first-order valence-corrected chi connectivity index (χ1v) is 20.3. The number of benzene rings is 2. The summed E-state index contributed by atoms with van der Waals surface area (Å²) < 4.78 is 90.2. The quantitative estimate of drug-likeness (QED) is 0.156. The molecule has 2 unspecified atom stereocenters. The number of thiophene rings is 1. The van der Waals surface area contributed by atoms with Crippen LogP contribution in [0.4, 0.5) is 42.0 Å². The van der Waals surface area contributed by atoms with Crippen molar-refractivity contribution in [2.24, 2.45) is 0 Å². The number of nitrogens with zero attached hydrogens (tertiary/aromatic N) is 7. The van der Waals surface area contributed by atoms with Crippen molar-refractivity contribution in [3.63, 3.8) is 0 Å². The summed E-state index contributed by atoms with van der Waals surface area (Å²) >= 11 is 0.698. The predicted molar refractivity (Wildman–Crippen MR) is 216 cm³/mol. The van der Waals surface area contributed by atoms with Crippen molar-refractivity contribution in [2.45, 2.75) is 64.3 Å². The van der Waals surface area contributed by atoms with E-state index in [-0.39, 0.29) is 56.0 Å². The van der Waals surface area contributed by atoms with Gasteiger partial charge in [0.1, 0.15) is 40.7 Å². The molecule has 320 valence electrons. The number of likely N-dealkylation sites (N-methyl/N-ethyl adjacent to an activating group) is 1. The Morgan fingerprint density at radius 1 is 1.08 bits per heavy atom. The Hall–Kier alpha value is -4.93. The average molecular weight is 850 g/mol. The van der Waals surface area contributed by atoms with Gasteiger partial charge in [-0.25, -0.2) is 18.0 Å². The molecule has 0 bridgehead atoms. The number of nitrogens with one attached hydrogen (secondary N) is 1. The van der Waals surface area contributed by atoms with Gasteiger partial charge < -0.3 is 35.3 Å². The molecule has 2 amide bonds. The molecule has 0 spiro atoms. The number of nitrogen functional groups attached to an aromatic ring is 1. The van der Waals surface area contributed by atoms with Crippen LogP contribution in [0.25, 0.3) is 32.1 Å². The van der Waals surface area contributed by atoms with Gasteiger partial charge in [0.15, 0.2) is 5.82 Å². The van der Waals surface area contributed by atoms with Crippen molar-refractivity contribution in [1.82, 2.24) is 29.6 Å². The Balaban J connectivity index is 0.000000205. The third-order valence-electron chi connectivity index (χ3n) is 10.6. The smallest absolute Gasteiger partial charge is 0.417 e. The van der Waals surface area contributed by atoms with E-state index in [4.69, 9.17) is 15.3 Å². The van der Waals surface area contributed by atoms with Gasteiger partial charge >= 0.3 is 18.2 Å². The van der Waals surface area contributed by atoms with Crippen LogP contribution in [0.5, 0.6) is 6.01 Å². The Morgan fingerprint density at radius 2 is 1.75 bits per heavy atom. The Morgan fingerprint density at radius 3 is 2.34 bits per heavy atom. The van der Waals surface area contributed by atoms with E-state index in [2.05, 4.69) is 32.1 Å². The zero-order valence-corrected chi connectivity index (χ0v) is 34.3. The average Bonchev–Trinajstić information content (AvgIpc) is 4.02. The fourth-order valence-electron chi connectivity index (χ4n) is 7.73. The summed E-state index contributed by atoms with van der Waals surface area (Å²) in [7, 11) is 3.34. The van der Waals surface area contributed by atoms with Gasteiger partial charge in [0.25, 0.3) is 0 Å². The maximum Gasteiger partial charge on any atom is 0.417 e. The van der Waals surface area contributed by atoms with Gasteiger partial charge in [0, 0.05) is 74.7 Å². The topological polar surface area (TPSA) is 144 Å². The number of carbonyl (C=O) groups excluding carboxylic acids is 2. The Kier molecular flexibility index (Phi) is 15.2. The van der Waals surface area contributed by atoms with Crippen LogP contribution in [0.1, 0.15) is 57.1 Å². The lowest BCUT2D eigenvalue weighted by molar-refractivity contribution is -0.137. The lowest BCUT2D eigenvalue weighted by Crippen LogP contribution is -2.51. The lowest BCUT2D eigenvalue weighted by Gasteiger charge is -2.34. The number of aromatic nitrogens is 2. The molecule has 0 radical (unpaired) electrons. The van der Waals surface area contributed by atoms with Gasteiger partial charge in [-0.15, -0.1) is 11.3 Å². The Labute approximate surface area is 342 Å². The van der Waals surface area contributed by atoms with E-state index in [1.165, 1.54) is 39.7 Å². The summed E-state index contributed by atoms with van der Waals surface area (Å²) in [4.78, 5) is 37.2. The van der Waals surface area contributed by atoms with Gasteiger partial charge in [0.2, 0.25) is 0 Å². The standard InChI is InChI=1S/C21H14F5N5OS.C10H19N3O.C7H12FN.C2H4O/c1-3-29-19-9-6-11(21(24,25)26)14(15(23)16(9)30-20(31-19)32-2)8-4-5-12(22)17-13(8)10(7-27)18(28)33-17;1-11-6-8-13(9-7-11)10(14)12-4-2-3-5-12;8-6-4-7-2-1-3-9(7)5-6;1-2-3/h4-6H,3,28H2,1-2H3,(H,29,30,31);2-9H2,1H3;6-7H,1-5H2;2H,1H3. The molecule has 4 aliphatic rings. The number of methoxy groups -OCH3 is 1. The highest BCUT2D eigenvalue weighted by atomic mass is 32.1. The van der Waals surface area contributed by atoms with E-state index in [1.807, 2.05) is 9.80 Å². The van der Waals surface area contributed by atoms with Crippen LogP contribution >= 0.6 is 11.3 Å². The number of alkyl halides is 4. The molecule has 6 heterocycles. The number of rotatable bonds is 4. The van der Waals surface area contributed by atoms with Crippen LogP contribution in [0.3, 0.4) is 0 Å². The molecule has 59 heavy (non-hydrogen) atoms. The molecule has 0 aliphatic carbocycles. The molecular weight excluding hydrogens is 801 g/mol. The van der Waals surface area contributed by atoms with E-state index in [0.717, 1.165) is 76.7 Å². The number of piperazine rings is 1. The summed E-state index contributed by atoms with van der Waals surface area (Å²) in [6.45, 7) is 11.0. The highest BCUT2D eigenvalue weighted by Crippen LogP contribution is 2.47. The third-order valence-corrected chi connectivity index (χ3v) is 11.6. The highest BCUT2D eigenvalue weighted by Gasteiger charge is 2.38. The van der Waals surface area contributed by atoms with Crippen LogP contribution in [0.2, 0.25) is 0 Å². The van der Waals surface area contributed by atoms with Crippen LogP contribution in [-0.2, 0) is 11.0 Å². The molecule has 2 aromatic carbocycles. The second-order valence-electron chi connectivity index (χ2n) is 14.5. The van der Waals surface area contributed by atoms with Crippen LogP contribution in [-0.4, -0.2) is 127 Å².